The topological polar surface area (TPSA) is 55.4 Å². The molecule has 1 aromatic carbocycles. The third-order valence-corrected chi connectivity index (χ3v) is 5.15. The monoisotopic (exact) mass is 283 g/mol. The third-order valence-electron chi connectivity index (χ3n) is 3.64. The van der Waals surface area contributed by atoms with Crippen LogP contribution in [0.1, 0.15) is 31.2 Å². The van der Waals surface area contributed by atoms with Crippen LogP contribution in [0.5, 0.6) is 0 Å². The molecule has 1 aliphatic rings. The van der Waals surface area contributed by atoms with E-state index in [1.165, 1.54) is 0 Å². The number of hydrogen-bond donors (Lipinski definition) is 1. The molecule has 0 saturated heterocycles. The summed E-state index contributed by atoms with van der Waals surface area (Å²) in [5.41, 5.74) is 1.05. The Morgan fingerprint density at radius 1 is 1.16 bits per heavy atom. The molecule has 0 unspecified atom stereocenters. The van der Waals surface area contributed by atoms with Crippen LogP contribution in [0.3, 0.4) is 0 Å². The largest absolute Gasteiger partial charge is 0.380 e. The fourth-order valence-electron chi connectivity index (χ4n) is 2.50. The predicted molar refractivity (Wildman–Crippen MR) is 74.6 cm³/mol. The maximum atomic E-state index is 12.3. The first-order chi connectivity index (χ1) is 9.03. The highest BCUT2D eigenvalue weighted by atomic mass is 32.2. The summed E-state index contributed by atoms with van der Waals surface area (Å²) in [4.78, 5) is 0.318. The number of sulfonamides is 1. The van der Waals surface area contributed by atoms with Gasteiger partial charge in [-0.3, -0.25) is 0 Å². The zero-order valence-electron chi connectivity index (χ0n) is 11.4. The minimum absolute atomic E-state index is 0.0195. The number of aryl methyl sites for hydroxylation is 1. The number of rotatable bonds is 4. The number of benzene rings is 1. The van der Waals surface area contributed by atoms with Crippen molar-refractivity contribution in [3.8, 4) is 0 Å². The lowest BCUT2D eigenvalue weighted by Gasteiger charge is -2.30. The quantitative estimate of drug-likeness (QED) is 0.922. The summed E-state index contributed by atoms with van der Waals surface area (Å²) in [5.74, 6) is 0. The van der Waals surface area contributed by atoms with Gasteiger partial charge in [-0.15, -0.1) is 0 Å². The SMILES string of the molecule is CO[C@@H]1CCCC[C@H]1NS(=O)(=O)c1ccc(C)cc1. The molecule has 2 atom stereocenters. The van der Waals surface area contributed by atoms with E-state index in [1.54, 1.807) is 19.2 Å². The predicted octanol–water partition coefficient (Wildman–Crippen LogP) is 2.23. The van der Waals surface area contributed by atoms with Crippen LogP contribution in [0.15, 0.2) is 29.2 Å². The Labute approximate surface area is 115 Å². The number of methoxy groups -OCH3 is 1. The van der Waals surface area contributed by atoms with Crippen molar-refractivity contribution in [2.45, 2.75) is 49.6 Å². The maximum absolute atomic E-state index is 12.3. The summed E-state index contributed by atoms with van der Waals surface area (Å²) in [5, 5.41) is 0. The van der Waals surface area contributed by atoms with Gasteiger partial charge in [0.2, 0.25) is 10.0 Å². The van der Waals surface area contributed by atoms with Crippen LogP contribution in [0.25, 0.3) is 0 Å². The molecule has 19 heavy (non-hydrogen) atoms. The second kappa shape index (κ2) is 6.03. The Bertz CT molecular complexity index is 510. The minimum Gasteiger partial charge on any atom is -0.380 e. The summed E-state index contributed by atoms with van der Waals surface area (Å²) in [6.45, 7) is 1.94. The molecule has 1 N–H and O–H groups in total. The molecule has 0 aliphatic heterocycles. The first-order valence-electron chi connectivity index (χ1n) is 6.65. The normalized spacial score (nSPS) is 24.3. The van der Waals surface area contributed by atoms with Gasteiger partial charge >= 0.3 is 0 Å². The zero-order valence-corrected chi connectivity index (χ0v) is 12.2. The maximum Gasteiger partial charge on any atom is 0.240 e. The van der Waals surface area contributed by atoms with Crippen molar-refractivity contribution in [2.24, 2.45) is 0 Å². The molecule has 2 rings (SSSR count). The molecular formula is C14H21NO3S. The van der Waals surface area contributed by atoms with E-state index in [0.717, 1.165) is 31.2 Å². The molecule has 106 valence electrons. The summed E-state index contributed by atoms with van der Waals surface area (Å²) < 4.78 is 32.8. The van der Waals surface area contributed by atoms with Crippen molar-refractivity contribution in [1.82, 2.24) is 4.72 Å². The highest BCUT2D eigenvalue weighted by molar-refractivity contribution is 7.89. The van der Waals surface area contributed by atoms with Gasteiger partial charge in [0.05, 0.1) is 11.0 Å². The van der Waals surface area contributed by atoms with E-state index in [-0.39, 0.29) is 12.1 Å². The second-order valence-corrected chi connectivity index (χ2v) is 6.81. The Balaban J connectivity index is 2.14. The lowest BCUT2D eigenvalue weighted by molar-refractivity contribution is 0.0493. The Morgan fingerprint density at radius 3 is 2.42 bits per heavy atom. The molecule has 0 amide bonds. The van der Waals surface area contributed by atoms with E-state index in [4.69, 9.17) is 4.74 Å². The van der Waals surface area contributed by atoms with Gasteiger partial charge in [-0.2, -0.15) is 0 Å². The van der Waals surface area contributed by atoms with E-state index in [0.29, 0.717) is 4.90 Å². The Morgan fingerprint density at radius 2 is 1.79 bits per heavy atom. The van der Waals surface area contributed by atoms with Gasteiger partial charge < -0.3 is 4.74 Å². The lowest BCUT2D eigenvalue weighted by Crippen LogP contribution is -2.45. The molecular weight excluding hydrogens is 262 g/mol. The highest BCUT2D eigenvalue weighted by Crippen LogP contribution is 2.22. The number of nitrogens with one attached hydrogen (secondary N) is 1. The van der Waals surface area contributed by atoms with Gasteiger partial charge in [0, 0.05) is 13.2 Å². The van der Waals surface area contributed by atoms with Crippen molar-refractivity contribution in [2.75, 3.05) is 7.11 Å². The molecule has 4 nitrogen and oxygen atoms in total. The summed E-state index contributed by atoms with van der Waals surface area (Å²) in [6.07, 6.45) is 3.87. The molecule has 1 fully saturated rings. The summed E-state index contributed by atoms with van der Waals surface area (Å²) in [6, 6.07) is 6.78. The fraction of sp³-hybridized carbons (Fsp3) is 0.571. The van der Waals surface area contributed by atoms with Crippen molar-refractivity contribution in [3.05, 3.63) is 29.8 Å². The number of hydrogen-bond acceptors (Lipinski definition) is 3. The molecule has 0 heterocycles. The van der Waals surface area contributed by atoms with Gasteiger partial charge in [0.15, 0.2) is 0 Å². The minimum atomic E-state index is -3.45. The van der Waals surface area contributed by atoms with E-state index in [1.807, 2.05) is 19.1 Å². The average molecular weight is 283 g/mol. The molecule has 1 saturated carbocycles. The molecule has 1 aromatic rings. The fourth-order valence-corrected chi connectivity index (χ4v) is 3.80. The van der Waals surface area contributed by atoms with E-state index in [9.17, 15) is 8.42 Å². The van der Waals surface area contributed by atoms with Crippen molar-refractivity contribution >= 4 is 10.0 Å². The molecule has 0 aromatic heterocycles. The third kappa shape index (κ3) is 3.55. The number of ether oxygens (including phenoxy) is 1. The van der Waals surface area contributed by atoms with Gasteiger partial charge in [-0.25, -0.2) is 13.1 Å². The summed E-state index contributed by atoms with van der Waals surface area (Å²) >= 11 is 0. The molecule has 0 radical (unpaired) electrons. The van der Waals surface area contributed by atoms with Crippen molar-refractivity contribution in [1.29, 1.82) is 0 Å². The lowest BCUT2D eigenvalue weighted by atomic mass is 9.93. The van der Waals surface area contributed by atoms with Gasteiger partial charge in [0.25, 0.3) is 0 Å². The van der Waals surface area contributed by atoms with Crippen molar-refractivity contribution < 1.29 is 13.2 Å². The van der Waals surface area contributed by atoms with E-state index in [2.05, 4.69) is 4.72 Å². The Hall–Kier alpha value is -0.910. The highest BCUT2D eigenvalue weighted by Gasteiger charge is 2.29. The Kier molecular flexibility index (Phi) is 4.60. The first kappa shape index (κ1) is 14.5. The van der Waals surface area contributed by atoms with E-state index < -0.39 is 10.0 Å². The first-order valence-corrected chi connectivity index (χ1v) is 8.13. The smallest absolute Gasteiger partial charge is 0.240 e. The standard InChI is InChI=1S/C14H21NO3S/c1-11-7-9-12(10-8-11)19(16,17)15-13-5-3-4-6-14(13)18-2/h7-10,13-15H,3-6H2,1-2H3/t13-,14-/m1/s1. The van der Waals surface area contributed by atoms with Crippen LogP contribution in [0, 0.1) is 6.92 Å². The molecule has 5 heteroatoms. The molecule has 0 spiro atoms. The second-order valence-electron chi connectivity index (χ2n) is 5.10. The molecule has 0 bridgehead atoms. The van der Waals surface area contributed by atoms with Crippen LogP contribution in [0.2, 0.25) is 0 Å². The molecule has 1 aliphatic carbocycles. The van der Waals surface area contributed by atoms with Crippen molar-refractivity contribution in [3.63, 3.8) is 0 Å². The van der Waals surface area contributed by atoms with Gasteiger partial charge in [0.1, 0.15) is 0 Å². The van der Waals surface area contributed by atoms with Crippen LogP contribution >= 0.6 is 0 Å². The van der Waals surface area contributed by atoms with Gasteiger partial charge in [-0.1, -0.05) is 30.5 Å². The summed E-state index contributed by atoms with van der Waals surface area (Å²) in [7, 11) is -1.81. The van der Waals surface area contributed by atoms with Crippen LogP contribution in [-0.2, 0) is 14.8 Å². The zero-order chi connectivity index (χ0) is 13.9. The average Bonchev–Trinajstić information content (AvgIpc) is 2.39. The van der Waals surface area contributed by atoms with Crippen LogP contribution in [-0.4, -0.2) is 27.7 Å². The van der Waals surface area contributed by atoms with Crippen LogP contribution in [0.4, 0.5) is 0 Å². The van der Waals surface area contributed by atoms with Gasteiger partial charge in [-0.05, 0) is 31.9 Å². The van der Waals surface area contributed by atoms with Crippen LogP contribution < -0.4 is 4.72 Å². The van der Waals surface area contributed by atoms with E-state index >= 15 is 0 Å².